The standard InChI is InChI=1S/C15H18N4O/c1-4-15(3,7-8-16)10-12-18-14(19-20-12)13-11(2)6-5-9-17-13/h5-6,9H,4,7,10H2,1-3H3. The maximum absolute atomic E-state index is 8.90. The van der Waals surface area contributed by atoms with E-state index < -0.39 is 0 Å². The minimum absolute atomic E-state index is 0.127. The second-order valence-corrected chi connectivity index (χ2v) is 5.36. The van der Waals surface area contributed by atoms with Gasteiger partial charge in [0.15, 0.2) is 0 Å². The average molecular weight is 270 g/mol. The zero-order valence-corrected chi connectivity index (χ0v) is 12.1. The van der Waals surface area contributed by atoms with Gasteiger partial charge in [-0.2, -0.15) is 10.2 Å². The molecule has 0 aliphatic heterocycles. The maximum atomic E-state index is 8.90. The van der Waals surface area contributed by atoms with Crippen LogP contribution in [-0.4, -0.2) is 15.1 Å². The van der Waals surface area contributed by atoms with E-state index in [1.165, 1.54) is 0 Å². The third-order valence-electron chi connectivity index (χ3n) is 3.63. The topological polar surface area (TPSA) is 75.6 Å². The number of aryl methyl sites for hydroxylation is 1. The number of rotatable bonds is 5. The summed E-state index contributed by atoms with van der Waals surface area (Å²) < 4.78 is 5.31. The Labute approximate surface area is 118 Å². The van der Waals surface area contributed by atoms with Crippen molar-refractivity contribution in [2.24, 2.45) is 5.41 Å². The van der Waals surface area contributed by atoms with Crippen LogP contribution in [-0.2, 0) is 6.42 Å². The van der Waals surface area contributed by atoms with Crippen molar-refractivity contribution in [1.82, 2.24) is 15.1 Å². The predicted octanol–water partition coefficient (Wildman–Crippen LogP) is 3.31. The molecule has 5 nitrogen and oxygen atoms in total. The first-order valence-electron chi connectivity index (χ1n) is 6.69. The fourth-order valence-corrected chi connectivity index (χ4v) is 2.01. The van der Waals surface area contributed by atoms with E-state index in [0.717, 1.165) is 17.7 Å². The van der Waals surface area contributed by atoms with Crippen molar-refractivity contribution in [3.63, 3.8) is 0 Å². The van der Waals surface area contributed by atoms with Gasteiger partial charge in [0.05, 0.1) is 6.07 Å². The molecule has 0 saturated heterocycles. The van der Waals surface area contributed by atoms with Crippen molar-refractivity contribution in [3.8, 4) is 17.6 Å². The molecule has 104 valence electrons. The van der Waals surface area contributed by atoms with Crippen LogP contribution in [0.3, 0.4) is 0 Å². The highest BCUT2D eigenvalue weighted by molar-refractivity contribution is 5.53. The molecule has 5 heteroatoms. The van der Waals surface area contributed by atoms with Crippen molar-refractivity contribution < 1.29 is 4.52 Å². The van der Waals surface area contributed by atoms with Gasteiger partial charge in [-0.25, -0.2) is 0 Å². The van der Waals surface area contributed by atoms with Gasteiger partial charge in [-0.15, -0.1) is 0 Å². The van der Waals surface area contributed by atoms with E-state index in [1.807, 2.05) is 19.1 Å². The monoisotopic (exact) mass is 270 g/mol. The van der Waals surface area contributed by atoms with Gasteiger partial charge in [-0.05, 0) is 30.4 Å². The fourth-order valence-electron chi connectivity index (χ4n) is 2.01. The average Bonchev–Trinajstić information content (AvgIpc) is 2.87. The SMILES string of the molecule is CCC(C)(CC#N)Cc1nc(-c2ncccc2C)no1. The Bertz CT molecular complexity index is 629. The van der Waals surface area contributed by atoms with Crippen LogP contribution in [0.5, 0.6) is 0 Å². The van der Waals surface area contributed by atoms with Crippen LogP contribution in [0.1, 0.15) is 38.1 Å². The first kappa shape index (κ1) is 14.2. The Morgan fingerprint density at radius 3 is 2.90 bits per heavy atom. The lowest BCUT2D eigenvalue weighted by atomic mass is 9.81. The van der Waals surface area contributed by atoms with Gasteiger partial charge in [-0.1, -0.05) is 25.1 Å². The number of nitrogens with zero attached hydrogens (tertiary/aromatic N) is 4. The Kier molecular flexibility index (Phi) is 4.14. The third-order valence-corrected chi connectivity index (χ3v) is 3.63. The highest BCUT2D eigenvalue weighted by Crippen LogP contribution is 2.30. The Morgan fingerprint density at radius 2 is 2.25 bits per heavy atom. The number of aromatic nitrogens is 3. The molecule has 2 heterocycles. The van der Waals surface area contributed by atoms with Crippen molar-refractivity contribution in [3.05, 3.63) is 29.8 Å². The molecule has 20 heavy (non-hydrogen) atoms. The molecule has 1 unspecified atom stereocenters. The lowest BCUT2D eigenvalue weighted by Gasteiger charge is -2.22. The summed E-state index contributed by atoms with van der Waals surface area (Å²) in [7, 11) is 0. The Balaban J connectivity index is 2.22. The number of nitriles is 1. The van der Waals surface area contributed by atoms with Gasteiger partial charge >= 0.3 is 0 Å². The van der Waals surface area contributed by atoms with Gasteiger partial charge in [0.1, 0.15) is 5.69 Å². The summed E-state index contributed by atoms with van der Waals surface area (Å²) in [6.45, 7) is 6.09. The zero-order chi connectivity index (χ0) is 14.6. The van der Waals surface area contributed by atoms with E-state index in [9.17, 15) is 0 Å². The summed E-state index contributed by atoms with van der Waals surface area (Å²) in [5, 5.41) is 12.9. The maximum Gasteiger partial charge on any atom is 0.227 e. The summed E-state index contributed by atoms with van der Waals surface area (Å²) in [5.41, 5.74) is 1.62. The molecule has 0 fully saturated rings. The van der Waals surface area contributed by atoms with Gasteiger partial charge < -0.3 is 4.52 Å². The summed E-state index contributed by atoms with van der Waals surface area (Å²) in [6, 6.07) is 6.06. The van der Waals surface area contributed by atoms with Gasteiger partial charge in [0.25, 0.3) is 0 Å². The zero-order valence-electron chi connectivity index (χ0n) is 12.1. The molecule has 2 rings (SSSR count). The highest BCUT2D eigenvalue weighted by Gasteiger charge is 2.26. The summed E-state index contributed by atoms with van der Waals surface area (Å²) >= 11 is 0. The van der Waals surface area contributed by atoms with Gasteiger partial charge in [0.2, 0.25) is 11.7 Å². The van der Waals surface area contributed by atoms with E-state index in [1.54, 1.807) is 6.20 Å². The smallest absolute Gasteiger partial charge is 0.227 e. The molecule has 0 saturated carbocycles. The minimum atomic E-state index is -0.127. The van der Waals surface area contributed by atoms with Crippen LogP contribution in [0.15, 0.2) is 22.9 Å². The molecule has 0 bridgehead atoms. The quantitative estimate of drug-likeness (QED) is 0.833. The molecule has 0 aromatic carbocycles. The van der Waals surface area contributed by atoms with Crippen molar-refractivity contribution in [2.75, 3.05) is 0 Å². The fraction of sp³-hybridized carbons (Fsp3) is 0.467. The third kappa shape index (κ3) is 3.02. The molecule has 0 amide bonds. The highest BCUT2D eigenvalue weighted by atomic mass is 16.5. The lowest BCUT2D eigenvalue weighted by molar-refractivity contribution is 0.266. The molecule has 2 aromatic rings. The van der Waals surface area contributed by atoms with Crippen LogP contribution in [0, 0.1) is 23.7 Å². The van der Waals surface area contributed by atoms with E-state index >= 15 is 0 Å². The Morgan fingerprint density at radius 1 is 1.45 bits per heavy atom. The molecular weight excluding hydrogens is 252 g/mol. The summed E-state index contributed by atoms with van der Waals surface area (Å²) in [4.78, 5) is 8.68. The molecule has 0 N–H and O–H groups in total. The Hall–Kier alpha value is -2.22. The van der Waals surface area contributed by atoms with E-state index in [4.69, 9.17) is 9.78 Å². The van der Waals surface area contributed by atoms with Crippen LogP contribution in [0.2, 0.25) is 0 Å². The van der Waals surface area contributed by atoms with Crippen molar-refractivity contribution in [1.29, 1.82) is 5.26 Å². The molecule has 1 atom stereocenters. The molecule has 0 radical (unpaired) electrons. The lowest BCUT2D eigenvalue weighted by Crippen LogP contribution is -2.18. The number of hydrogen-bond acceptors (Lipinski definition) is 5. The van der Waals surface area contributed by atoms with Crippen LogP contribution >= 0.6 is 0 Å². The van der Waals surface area contributed by atoms with E-state index in [0.29, 0.717) is 24.6 Å². The van der Waals surface area contributed by atoms with E-state index in [-0.39, 0.29) is 5.41 Å². The van der Waals surface area contributed by atoms with Gasteiger partial charge in [-0.3, -0.25) is 4.98 Å². The summed E-state index contributed by atoms with van der Waals surface area (Å²) in [5.74, 6) is 1.07. The van der Waals surface area contributed by atoms with Crippen LogP contribution in [0.4, 0.5) is 0 Å². The van der Waals surface area contributed by atoms with Crippen molar-refractivity contribution in [2.45, 2.75) is 40.0 Å². The van der Waals surface area contributed by atoms with E-state index in [2.05, 4.69) is 35.0 Å². The first-order chi connectivity index (χ1) is 9.58. The first-order valence-corrected chi connectivity index (χ1v) is 6.69. The minimum Gasteiger partial charge on any atom is -0.339 e. The number of hydrogen-bond donors (Lipinski definition) is 0. The van der Waals surface area contributed by atoms with Gasteiger partial charge in [0, 0.05) is 19.0 Å². The molecule has 2 aromatic heterocycles. The molecule has 0 spiro atoms. The van der Waals surface area contributed by atoms with Crippen LogP contribution < -0.4 is 0 Å². The predicted molar refractivity (Wildman–Crippen MR) is 74.6 cm³/mol. The number of pyridine rings is 1. The molecule has 0 aliphatic rings. The molecular formula is C15H18N4O. The molecule has 0 aliphatic carbocycles. The largest absolute Gasteiger partial charge is 0.339 e. The summed E-state index contributed by atoms with van der Waals surface area (Å²) in [6.07, 6.45) is 3.69. The van der Waals surface area contributed by atoms with Crippen molar-refractivity contribution >= 4 is 0 Å². The van der Waals surface area contributed by atoms with Crippen LogP contribution in [0.25, 0.3) is 11.5 Å². The second-order valence-electron chi connectivity index (χ2n) is 5.36. The second kappa shape index (κ2) is 5.83. The normalized spacial score (nSPS) is 13.7.